The summed E-state index contributed by atoms with van der Waals surface area (Å²) in [5.74, 6) is 2.95. The summed E-state index contributed by atoms with van der Waals surface area (Å²) in [6.45, 7) is 2.21. The molecule has 9 nitrogen and oxygen atoms in total. The molecule has 0 radical (unpaired) electrons. The van der Waals surface area contributed by atoms with Gasteiger partial charge in [-0.3, -0.25) is 9.11 Å². The minimum Gasteiger partial charge on any atom is -0.368 e. The molecule has 3 heterocycles. The van der Waals surface area contributed by atoms with Crippen molar-refractivity contribution in [2.75, 3.05) is 47.0 Å². The van der Waals surface area contributed by atoms with Crippen molar-refractivity contribution in [2.45, 2.75) is 19.0 Å². The van der Waals surface area contributed by atoms with Crippen LogP contribution in [-0.4, -0.2) is 61.1 Å². The third-order valence-corrected chi connectivity index (χ3v) is 7.89. The third kappa shape index (κ3) is 6.47. The summed E-state index contributed by atoms with van der Waals surface area (Å²) >= 11 is 0. The SMILES string of the molecule is C#CC1CN(c2ccc(Nc3ncc4ccn(Cc5ccccc5NS(=O)(=O)CCCF)c4n3)cc2)CCN1. The lowest BCUT2D eigenvalue weighted by Crippen LogP contribution is -2.50. The predicted octanol–water partition coefficient (Wildman–Crippen LogP) is 3.74. The second-order valence-electron chi connectivity index (χ2n) is 9.33. The molecule has 1 unspecified atom stereocenters. The first-order chi connectivity index (χ1) is 18.9. The number of hydrogen-bond donors (Lipinski definition) is 3. The average Bonchev–Trinajstić information content (AvgIpc) is 3.35. The Bertz CT molecular complexity index is 1580. The number of para-hydroxylation sites is 1. The van der Waals surface area contributed by atoms with Crippen molar-refractivity contribution >= 4 is 44.1 Å². The van der Waals surface area contributed by atoms with E-state index < -0.39 is 16.7 Å². The highest BCUT2D eigenvalue weighted by Crippen LogP contribution is 2.24. The Labute approximate surface area is 227 Å². The molecule has 39 heavy (non-hydrogen) atoms. The molecule has 0 bridgehead atoms. The molecule has 1 saturated heterocycles. The number of hydrogen-bond acceptors (Lipinski definition) is 7. The molecule has 4 aromatic rings. The molecule has 5 rings (SSSR count). The van der Waals surface area contributed by atoms with Gasteiger partial charge in [0.1, 0.15) is 5.65 Å². The molecule has 1 atom stereocenters. The second kappa shape index (κ2) is 11.7. The zero-order valence-corrected chi connectivity index (χ0v) is 22.2. The molecule has 2 aromatic heterocycles. The Kier molecular flexibility index (Phi) is 7.95. The molecule has 3 N–H and O–H groups in total. The number of benzene rings is 2. The van der Waals surface area contributed by atoms with Crippen molar-refractivity contribution in [3.8, 4) is 12.3 Å². The standard InChI is InChI=1S/C28H30FN7O2S/c1-2-23-20-35(16-14-30-23)25-10-8-24(9-11-25)32-28-31-18-21-12-15-36(27(21)33-28)19-22-6-3-4-7-26(22)34-39(37,38)17-5-13-29/h1,3-4,6-12,15,18,23,30,34H,5,13-14,16-17,19-20H2,(H,31,32,33). The minimum absolute atomic E-state index is 0.0430. The van der Waals surface area contributed by atoms with Crippen LogP contribution in [0.3, 0.4) is 0 Å². The van der Waals surface area contributed by atoms with Gasteiger partial charge in [0.2, 0.25) is 16.0 Å². The molecule has 1 fully saturated rings. The van der Waals surface area contributed by atoms with Crippen LogP contribution < -0.4 is 20.3 Å². The molecular weight excluding hydrogens is 517 g/mol. The van der Waals surface area contributed by atoms with Crippen LogP contribution in [0.5, 0.6) is 0 Å². The van der Waals surface area contributed by atoms with E-state index in [0.29, 0.717) is 23.8 Å². The van der Waals surface area contributed by atoms with Crippen LogP contribution in [0.4, 0.5) is 27.4 Å². The number of nitrogens with one attached hydrogen (secondary N) is 3. The van der Waals surface area contributed by atoms with Crippen LogP contribution in [0, 0.1) is 12.3 Å². The van der Waals surface area contributed by atoms with E-state index in [1.165, 1.54) is 0 Å². The number of terminal acetylenes is 1. The minimum atomic E-state index is -3.65. The van der Waals surface area contributed by atoms with E-state index in [4.69, 9.17) is 11.4 Å². The van der Waals surface area contributed by atoms with Crippen LogP contribution in [0.15, 0.2) is 67.0 Å². The monoisotopic (exact) mass is 547 g/mol. The van der Waals surface area contributed by atoms with Crippen molar-refractivity contribution < 1.29 is 12.8 Å². The molecule has 11 heteroatoms. The van der Waals surface area contributed by atoms with E-state index in [1.807, 2.05) is 53.2 Å². The van der Waals surface area contributed by atoms with Crippen LogP contribution in [0.2, 0.25) is 0 Å². The van der Waals surface area contributed by atoms with Gasteiger partial charge in [0, 0.05) is 48.8 Å². The molecule has 2 aromatic carbocycles. The number of anilines is 4. The van der Waals surface area contributed by atoms with Crippen molar-refractivity contribution in [1.29, 1.82) is 0 Å². The maximum absolute atomic E-state index is 12.5. The van der Waals surface area contributed by atoms with Gasteiger partial charge < -0.3 is 20.1 Å². The zero-order chi connectivity index (χ0) is 27.2. The largest absolute Gasteiger partial charge is 0.368 e. The average molecular weight is 548 g/mol. The number of aromatic nitrogens is 3. The Morgan fingerprint density at radius 1 is 1.15 bits per heavy atom. The summed E-state index contributed by atoms with van der Waals surface area (Å²) < 4.78 is 41.8. The fourth-order valence-electron chi connectivity index (χ4n) is 4.54. The first kappa shape index (κ1) is 26.5. The van der Waals surface area contributed by atoms with Gasteiger partial charge >= 0.3 is 0 Å². The first-order valence-electron chi connectivity index (χ1n) is 12.7. The van der Waals surface area contributed by atoms with Gasteiger partial charge in [-0.15, -0.1) is 6.42 Å². The highest BCUT2D eigenvalue weighted by Gasteiger charge is 2.18. The van der Waals surface area contributed by atoms with Crippen LogP contribution >= 0.6 is 0 Å². The van der Waals surface area contributed by atoms with E-state index in [-0.39, 0.29) is 18.2 Å². The summed E-state index contributed by atoms with van der Waals surface area (Å²) in [6.07, 6.45) is 9.18. The van der Waals surface area contributed by atoms with E-state index in [1.54, 1.807) is 18.3 Å². The topological polar surface area (TPSA) is 104 Å². The van der Waals surface area contributed by atoms with Crippen LogP contribution in [-0.2, 0) is 16.6 Å². The number of piperazine rings is 1. The summed E-state index contributed by atoms with van der Waals surface area (Å²) in [4.78, 5) is 11.4. The molecule has 202 valence electrons. The fraction of sp³-hybridized carbons (Fsp3) is 0.286. The van der Waals surface area contributed by atoms with Crippen LogP contribution in [0.1, 0.15) is 12.0 Å². The van der Waals surface area contributed by atoms with E-state index in [9.17, 15) is 12.8 Å². The lowest BCUT2D eigenvalue weighted by molar-refractivity contribution is 0.484. The van der Waals surface area contributed by atoms with Crippen molar-refractivity contribution in [3.63, 3.8) is 0 Å². The number of sulfonamides is 1. The Balaban J connectivity index is 1.32. The number of halogens is 1. The van der Waals surface area contributed by atoms with Gasteiger partial charge in [0.15, 0.2) is 0 Å². The Hall–Kier alpha value is -4.14. The molecule has 0 saturated carbocycles. The molecule has 0 aliphatic carbocycles. The second-order valence-corrected chi connectivity index (χ2v) is 11.2. The fourth-order valence-corrected chi connectivity index (χ4v) is 5.67. The van der Waals surface area contributed by atoms with E-state index in [2.05, 4.69) is 31.2 Å². The van der Waals surface area contributed by atoms with Gasteiger partial charge in [0.25, 0.3) is 0 Å². The number of nitrogens with zero attached hydrogens (tertiary/aromatic N) is 4. The normalized spacial score (nSPS) is 15.7. The highest BCUT2D eigenvalue weighted by molar-refractivity contribution is 7.92. The molecule has 1 aliphatic rings. The van der Waals surface area contributed by atoms with Gasteiger partial charge in [0.05, 0.1) is 30.7 Å². The maximum atomic E-state index is 12.5. The lowest BCUT2D eigenvalue weighted by Gasteiger charge is -2.33. The lowest BCUT2D eigenvalue weighted by atomic mass is 10.2. The van der Waals surface area contributed by atoms with Crippen LogP contribution in [0.25, 0.3) is 11.0 Å². The van der Waals surface area contributed by atoms with Crippen molar-refractivity contribution in [3.05, 3.63) is 72.6 Å². The summed E-state index contributed by atoms with van der Waals surface area (Å²) in [5, 5.41) is 7.44. The Morgan fingerprint density at radius 2 is 1.97 bits per heavy atom. The molecule has 1 aliphatic heterocycles. The summed E-state index contributed by atoms with van der Waals surface area (Å²) in [6, 6.07) is 17.2. The van der Waals surface area contributed by atoms with Crippen molar-refractivity contribution in [2.24, 2.45) is 0 Å². The van der Waals surface area contributed by atoms with Gasteiger partial charge in [-0.2, -0.15) is 4.98 Å². The van der Waals surface area contributed by atoms with Gasteiger partial charge in [-0.25, -0.2) is 13.4 Å². The molecular formula is C28H30FN7O2S. The quantitative estimate of drug-likeness (QED) is 0.260. The summed E-state index contributed by atoms with van der Waals surface area (Å²) in [5.41, 5.74) is 3.89. The maximum Gasteiger partial charge on any atom is 0.232 e. The van der Waals surface area contributed by atoms with E-state index in [0.717, 1.165) is 42.0 Å². The Morgan fingerprint density at radius 3 is 2.77 bits per heavy atom. The molecule has 0 spiro atoms. The number of fused-ring (bicyclic) bond motifs is 1. The third-order valence-electron chi connectivity index (χ3n) is 6.54. The van der Waals surface area contributed by atoms with Crippen molar-refractivity contribution in [1.82, 2.24) is 19.9 Å². The van der Waals surface area contributed by atoms with Gasteiger partial charge in [-0.05, 0) is 48.4 Å². The van der Waals surface area contributed by atoms with E-state index >= 15 is 0 Å². The molecule has 0 amide bonds. The number of rotatable bonds is 10. The summed E-state index contributed by atoms with van der Waals surface area (Å²) in [7, 11) is -3.65. The number of alkyl halides is 1. The smallest absolute Gasteiger partial charge is 0.232 e. The van der Waals surface area contributed by atoms with Gasteiger partial charge in [-0.1, -0.05) is 24.1 Å². The first-order valence-corrected chi connectivity index (χ1v) is 14.4. The highest BCUT2D eigenvalue weighted by atomic mass is 32.2. The zero-order valence-electron chi connectivity index (χ0n) is 21.3. The predicted molar refractivity (Wildman–Crippen MR) is 154 cm³/mol.